The molecular formula is C10H11NO2. The molecule has 0 saturated carbocycles. The largest absolute Gasteiger partial charge is 0.465 e. The van der Waals surface area contributed by atoms with Gasteiger partial charge in [0.15, 0.2) is 0 Å². The molecule has 0 atom stereocenters. The molecule has 0 aliphatic heterocycles. The van der Waals surface area contributed by atoms with Gasteiger partial charge in [0.2, 0.25) is 5.91 Å². The van der Waals surface area contributed by atoms with Gasteiger partial charge < -0.3 is 9.73 Å². The molecule has 0 spiro atoms. The van der Waals surface area contributed by atoms with Gasteiger partial charge in [-0.25, -0.2) is 0 Å². The lowest BCUT2D eigenvalue weighted by Crippen LogP contribution is -2.20. The molecule has 1 amide bonds. The molecule has 0 fully saturated rings. The first-order chi connectivity index (χ1) is 6.33. The maximum Gasteiger partial charge on any atom is 0.244 e. The van der Waals surface area contributed by atoms with Gasteiger partial charge in [0.05, 0.1) is 6.26 Å². The molecule has 1 heterocycles. The van der Waals surface area contributed by atoms with Crippen molar-refractivity contribution in [1.82, 2.24) is 5.32 Å². The van der Waals surface area contributed by atoms with Gasteiger partial charge in [0.25, 0.3) is 0 Å². The number of rotatable bonds is 4. The first kappa shape index (κ1) is 9.32. The predicted molar refractivity (Wildman–Crippen MR) is 50.9 cm³/mol. The predicted octanol–water partition coefficient (Wildman–Crippen LogP) is 1.59. The maximum atomic E-state index is 11.0. The standard InChI is InChI=1S/C10H11NO2/c1-2-7-11-10(12)6-5-9-4-3-8-13-9/h2-6,8H,1,7H2,(H,11,12)/b6-5+. The van der Waals surface area contributed by atoms with Gasteiger partial charge in [-0.3, -0.25) is 4.79 Å². The van der Waals surface area contributed by atoms with E-state index >= 15 is 0 Å². The topological polar surface area (TPSA) is 42.2 Å². The third-order valence-electron chi connectivity index (χ3n) is 1.36. The molecule has 3 nitrogen and oxygen atoms in total. The molecular weight excluding hydrogens is 166 g/mol. The molecule has 1 aromatic heterocycles. The molecule has 13 heavy (non-hydrogen) atoms. The number of carbonyl (C=O) groups is 1. The Bertz CT molecular complexity index is 299. The molecule has 3 heteroatoms. The third-order valence-corrected chi connectivity index (χ3v) is 1.36. The van der Waals surface area contributed by atoms with Crippen LogP contribution in [0.1, 0.15) is 5.76 Å². The molecule has 0 saturated heterocycles. The lowest BCUT2D eigenvalue weighted by atomic mass is 10.4. The highest BCUT2D eigenvalue weighted by atomic mass is 16.3. The Labute approximate surface area is 76.7 Å². The SMILES string of the molecule is C=CCNC(=O)/C=C/c1ccco1. The van der Waals surface area contributed by atoms with Crippen LogP contribution in [0.25, 0.3) is 6.08 Å². The molecule has 68 valence electrons. The average Bonchev–Trinajstić information content (AvgIpc) is 2.64. The van der Waals surface area contributed by atoms with E-state index in [0.717, 1.165) is 0 Å². The van der Waals surface area contributed by atoms with Gasteiger partial charge in [-0.2, -0.15) is 0 Å². The Morgan fingerprint density at radius 1 is 1.69 bits per heavy atom. The fraction of sp³-hybridized carbons (Fsp3) is 0.100. The van der Waals surface area contributed by atoms with Crippen molar-refractivity contribution in [1.29, 1.82) is 0 Å². The van der Waals surface area contributed by atoms with Crippen LogP contribution in [0.15, 0.2) is 41.5 Å². The van der Waals surface area contributed by atoms with Crippen LogP contribution in [-0.4, -0.2) is 12.5 Å². The van der Waals surface area contributed by atoms with Crippen LogP contribution in [0.2, 0.25) is 0 Å². The molecule has 0 bridgehead atoms. The molecule has 0 aliphatic carbocycles. The van der Waals surface area contributed by atoms with Crippen molar-refractivity contribution < 1.29 is 9.21 Å². The first-order valence-corrected chi connectivity index (χ1v) is 3.93. The summed E-state index contributed by atoms with van der Waals surface area (Å²) in [5.41, 5.74) is 0. The highest BCUT2D eigenvalue weighted by Gasteiger charge is 1.92. The normalized spacial score (nSPS) is 10.2. The van der Waals surface area contributed by atoms with Crippen LogP contribution in [0, 0.1) is 0 Å². The average molecular weight is 177 g/mol. The summed E-state index contributed by atoms with van der Waals surface area (Å²) < 4.78 is 5.00. The van der Waals surface area contributed by atoms with E-state index < -0.39 is 0 Å². The van der Waals surface area contributed by atoms with Crippen molar-refractivity contribution in [3.8, 4) is 0 Å². The fourth-order valence-corrected chi connectivity index (χ4v) is 0.776. The van der Waals surface area contributed by atoms with Crippen molar-refractivity contribution in [3.63, 3.8) is 0 Å². The lowest BCUT2D eigenvalue weighted by molar-refractivity contribution is -0.116. The summed E-state index contributed by atoms with van der Waals surface area (Å²) in [6, 6.07) is 3.54. The molecule has 0 unspecified atom stereocenters. The number of furan rings is 1. The van der Waals surface area contributed by atoms with Gasteiger partial charge in [0, 0.05) is 12.6 Å². The Morgan fingerprint density at radius 3 is 3.15 bits per heavy atom. The zero-order chi connectivity index (χ0) is 9.52. The lowest BCUT2D eigenvalue weighted by Gasteiger charge is -1.93. The summed E-state index contributed by atoms with van der Waals surface area (Å²) in [5, 5.41) is 2.61. The second-order valence-corrected chi connectivity index (χ2v) is 2.38. The van der Waals surface area contributed by atoms with E-state index in [0.29, 0.717) is 12.3 Å². The van der Waals surface area contributed by atoms with E-state index in [-0.39, 0.29) is 5.91 Å². The number of hydrogen-bond donors (Lipinski definition) is 1. The molecule has 1 rings (SSSR count). The van der Waals surface area contributed by atoms with Gasteiger partial charge in [-0.1, -0.05) is 6.08 Å². The second kappa shape index (κ2) is 4.98. The smallest absolute Gasteiger partial charge is 0.244 e. The van der Waals surface area contributed by atoms with E-state index in [1.807, 2.05) is 0 Å². The molecule has 1 N–H and O–H groups in total. The van der Waals surface area contributed by atoms with Crippen LogP contribution < -0.4 is 5.32 Å². The monoisotopic (exact) mass is 177 g/mol. The number of amides is 1. The number of carbonyl (C=O) groups excluding carboxylic acids is 1. The summed E-state index contributed by atoms with van der Waals surface area (Å²) in [5.74, 6) is 0.505. The Morgan fingerprint density at radius 2 is 2.54 bits per heavy atom. The number of nitrogens with one attached hydrogen (secondary N) is 1. The minimum atomic E-state index is -0.156. The van der Waals surface area contributed by atoms with Crippen molar-refractivity contribution >= 4 is 12.0 Å². The van der Waals surface area contributed by atoms with E-state index in [2.05, 4.69) is 11.9 Å². The third kappa shape index (κ3) is 3.42. The Balaban J connectivity index is 2.39. The summed E-state index contributed by atoms with van der Waals surface area (Å²) in [7, 11) is 0. The van der Waals surface area contributed by atoms with Crippen LogP contribution in [0.3, 0.4) is 0 Å². The first-order valence-electron chi connectivity index (χ1n) is 3.93. The zero-order valence-electron chi connectivity index (χ0n) is 7.19. The van der Waals surface area contributed by atoms with Crippen LogP contribution >= 0.6 is 0 Å². The highest BCUT2D eigenvalue weighted by Crippen LogP contribution is 2.01. The Kier molecular flexibility index (Phi) is 3.57. The minimum absolute atomic E-state index is 0.156. The van der Waals surface area contributed by atoms with Crippen molar-refractivity contribution in [2.24, 2.45) is 0 Å². The minimum Gasteiger partial charge on any atom is -0.465 e. The molecule has 0 radical (unpaired) electrons. The second-order valence-electron chi connectivity index (χ2n) is 2.38. The van der Waals surface area contributed by atoms with Crippen molar-refractivity contribution in [2.45, 2.75) is 0 Å². The fourth-order valence-electron chi connectivity index (χ4n) is 0.776. The van der Waals surface area contributed by atoms with Gasteiger partial charge in [-0.15, -0.1) is 6.58 Å². The number of hydrogen-bond acceptors (Lipinski definition) is 2. The van der Waals surface area contributed by atoms with E-state index in [4.69, 9.17) is 4.42 Å². The molecule has 0 aliphatic rings. The van der Waals surface area contributed by atoms with E-state index in [9.17, 15) is 4.79 Å². The molecule has 1 aromatic rings. The highest BCUT2D eigenvalue weighted by molar-refractivity contribution is 5.91. The van der Waals surface area contributed by atoms with E-state index in [1.54, 1.807) is 30.5 Å². The summed E-state index contributed by atoms with van der Waals surface area (Å²) in [6.07, 6.45) is 6.21. The van der Waals surface area contributed by atoms with Crippen LogP contribution in [-0.2, 0) is 4.79 Å². The van der Waals surface area contributed by atoms with Crippen LogP contribution in [0.5, 0.6) is 0 Å². The zero-order valence-corrected chi connectivity index (χ0v) is 7.19. The Hall–Kier alpha value is -1.77. The summed E-state index contributed by atoms with van der Waals surface area (Å²) in [6.45, 7) is 3.96. The summed E-state index contributed by atoms with van der Waals surface area (Å²) in [4.78, 5) is 11.0. The van der Waals surface area contributed by atoms with Gasteiger partial charge in [-0.05, 0) is 18.2 Å². The van der Waals surface area contributed by atoms with Gasteiger partial charge in [0.1, 0.15) is 5.76 Å². The maximum absolute atomic E-state index is 11.0. The van der Waals surface area contributed by atoms with Crippen molar-refractivity contribution in [3.05, 3.63) is 42.9 Å². The quantitative estimate of drug-likeness (QED) is 0.560. The van der Waals surface area contributed by atoms with Crippen molar-refractivity contribution in [2.75, 3.05) is 6.54 Å². The van der Waals surface area contributed by atoms with E-state index in [1.165, 1.54) is 6.08 Å². The van der Waals surface area contributed by atoms with Crippen LogP contribution in [0.4, 0.5) is 0 Å². The summed E-state index contributed by atoms with van der Waals surface area (Å²) >= 11 is 0. The molecule has 0 aromatic carbocycles. The van der Waals surface area contributed by atoms with Gasteiger partial charge >= 0.3 is 0 Å².